The molecule has 2 heterocycles. The number of rotatable bonds is 2. The SMILES string of the molecule is O=C1CN(c2cccc(-c3coc4cccc-4c3)c2O)S(=O)(=O)N1. The van der Waals surface area contributed by atoms with Gasteiger partial charge in [-0.25, -0.2) is 9.03 Å². The minimum absolute atomic E-state index is 0.0356. The van der Waals surface area contributed by atoms with Crippen molar-refractivity contribution in [2.75, 3.05) is 10.8 Å². The van der Waals surface area contributed by atoms with Crippen LogP contribution in [0.2, 0.25) is 0 Å². The lowest BCUT2D eigenvalue weighted by Gasteiger charge is -2.18. The number of hydrogen-bond acceptors (Lipinski definition) is 5. The molecule has 0 saturated carbocycles. The zero-order chi connectivity index (χ0) is 16.9. The highest BCUT2D eigenvalue weighted by Gasteiger charge is 2.35. The van der Waals surface area contributed by atoms with Crippen molar-refractivity contribution in [2.24, 2.45) is 0 Å². The standard InChI is InChI=1S/C16H12N2O5S/c19-15-8-18(24(21,22)17-15)13-5-2-4-12(16(13)20)11-7-10-3-1-6-14(10)23-9-11/h1-7,9,20H,8H2,(H,17,19). The van der Waals surface area contributed by atoms with Gasteiger partial charge >= 0.3 is 10.2 Å². The number of benzene rings is 1. The van der Waals surface area contributed by atoms with E-state index >= 15 is 0 Å². The molecule has 0 bridgehead atoms. The summed E-state index contributed by atoms with van der Waals surface area (Å²) >= 11 is 0. The van der Waals surface area contributed by atoms with Crippen LogP contribution in [0.5, 0.6) is 5.75 Å². The zero-order valence-electron chi connectivity index (χ0n) is 12.3. The Morgan fingerprint density at radius 3 is 2.67 bits per heavy atom. The molecule has 1 fully saturated rings. The number of nitrogens with one attached hydrogen (secondary N) is 1. The van der Waals surface area contributed by atoms with Crippen LogP contribution in [0.15, 0.2) is 53.1 Å². The van der Waals surface area contributed by atoms with Crippen LogP contribution in [-0.4, -0.2) is 26.0 Å². The van der Waals surface area contributed by atoms with Crippen LogP contribution in [0.25, 0.3) is 22.5 Å². The molecule has 1 aromatic rings. The summed E-state index contributed by atoms with van der Waals surface area (Å²) in [4.78, 5) is 11.4. The highest BCUT2D eigenvalue weighted by Crippen LogP contribution is 2.40. The quantitative estimate of drug-likeness (QED) is 0.740. The van der Waals surface area contributed by atoms with Crippen LogP contribution >= 0.6 is 0 Å². The lowest BCUT2D eigenvalue weighted by molar-refractivity contribution is -0.117. The van der Waals surface area contributed by atoms with Crippen molar-refractivity contribution in [3.63, 3.8) is 0 Å². The Bertz CT molecular complexity index is 1020. The Balaban J connectivity index is 1.85. The Labute approximate surface area is 137 Å². The first-order valence-corrected chi connectivity index (χ1v) is 8.53. The molecule has 122 valence electrons. The molecule has 24 heavy (non-hydrogen) atoms. The maximum absolute atomic E-state index is 12.0. The van der Waals surface area contributed by atoms with E-state index in [0.717, 1.165) is 9.87 Å². The average molecular weight is 344 g/mol. The van der Waals surface area contributed by atoms with Crippen molar-refractivity contribution in [1.82, 2.24) is 4.72 Å². The first kappa shape index (κ1) is 14.6. The number of para-hydroxylation sites is 1. The molecular weight excluding hydrogens is 332 g/mol. The third kappa shape index (κ3) is 2.19. The third-order valence-corrected chi connectivity index (χ3v) is 5.24. The molecule has 1 aliphatic carbocycles. The Hall–Kier alpha value is -3.00. The number of nitrogens with zero attached hydrogens (tertiary/aromatic N) is 1. The maximum Gasteiger partial charge on any atom is 0.326 e. The van der Waals surface area contributed by atoms with Crippen molar-refractivity contribution in [3.8, 4) is 28.2 Å². The van der Waals surface area contributed by atoms with Crippen LogP contribution in [0.3, 0.4) is 0 Å². The van der Waals surface area contributed by atoms with Crippen LogP contribution in [0, 0.1) is 0 Å². The van der Waals surface area contributed by atoms with Gasteiger partial charge in [0.25, 0.3) is 5.91 Å². The van der Waals surface area contributed by atoms with Crippen LogP contribution in [-0.2, 0) is 15.0 Å². The Kier molecular flexibility index (Phi) is 3.04. The number of hydrogen-bond donors (Lipinski definition) is 2. The Morgan fingerprint density at radius 1 is 1.12 bits per heavy atom. The summed E-state index contributed by atoms with van der Waals surface area (Å²) in [7, 11) is -3.99. The molecule has 4 rings (SSSR count). The summed E-state index contributed by atoms with van der Waals surface area (Å²) in [6.45, 7) is -0.369. The van der Waals surface area contributed by atoms with Crippen molar-refractivity contribution in [2.45, 2.75) is 0 Å². The molecule has 0 atom stereocenters. The molecule has 2 aliphatic heterocycles. The summed E-state index contributed by atoms with van der Waals surface area (Å²) in [6, 6.07) is 12.1. The van der Waals surface area contributed by atoms with E-state index in [1.54, 1.807) is 12.1 Å². The second-order valence-electron chi connectivity index (χ2n) is 5.39. The van der Waals surface area contributed by atoms with E-state index in [4.69, 9.17) is 4.42 Å². The van der Waals surface area contributed by atoms with Crippen molar-refractivity contribution in [1.29, 1.82) is 0 Å². The summed E-state index contributed by atoms with van der Waals surface area (Å²) in [5.74, 6) is -0.169. The van der Waals surface area contributed by atoms with Crippen LogP contribution in [0.1, 0.15) is 0 Å². The fourth-order valence-electron chi connectivity index (χ4n) is 2.74. The molecule has 1 saturated heterocycles. The van der Waals surface area contributed by atoms with Crippen molar-refractivity contribution < 1.29 is 22.7 Å². The van der Waals surface area contributed by atoms with Gasteiger partial charge < -0.3 is 9.52 Å². The molecule has 0 aromatic heterocycles. The minimum atomic E-state index is -3.99. The molecule has 0 radical (unpaired) electrons. The molecule has 1 amide bonds. The lowest BCUT2D eigenvalue weighted by Crippen LogP contribution is -2.29. The summed E-state index contributed by atoms with van der Waals surface area (Å²) in [6.07, 6.45) is 1.49. The van der Waals surface area contributed by atoms with E-state index in [9.17, 15) is 18.3 Å². The normalized spacial score (nSPS) is 16.5. The van der Waals surface area contributed by atoms with E-state index in [-0.39, 0.29) is 18.0 Å². The predicted octanol–water partition coefficient (Wildman–Crippen LogP) is 1.94. The van der Waals surface area contributed by atoms with Gasteiger partial charge in [0.1, 0.15) is 18.1 Å². The molecule has 3 aliphatic rings. The second kappa shape index (κ2) is 5.00. The zero-order valence-corrected chi connectivity index (χ0v) is 13.1. The number of carbonyl (C=O) groups excluding carboxylic acids is 1. The molecule has 0 unspecified atom stereocenters. The topological polar surface area (TPSA) is 99.8 Å². The van der Waals surface area contributed by atoms with Gasteiger partial charge in [-0.2, -0.15) is 8.42 Å². The van der Waals surface area contributed by atoms with E-state index in [1.165, 1.54) is 12.3 Å². The summed E-state index contributed by atoms with van der Waals surface area (Å²) in [5, 5.41) is 10.6. The smallest absolute Gasteiger partial charge is 0.326 e. The largest absolute Gasteiger partial charge is 0.505 e. The highest BCUT2D eigenvalue weighted by molar-refractivity contribution is 7.92. The Morgan fingerprint density at radius 2 is 1.92 bits per heavy atom. The number of anilines is 1. The highest BCUT2D eigenvalue weighted by atomic mass is 32.2. The average Bonchev–Trinajstić information content (AvgIpc) is 3.10. The summed E-state index contributed by atoms with van der Waals surface area (Å²) in [5.41, 5.74) is 1.91. The monoisotopic (exact) mass is 344 g/mol. The molecular formula is C16H12N2O5S. The second-order valence-corrected chi connectivity index (χ2v) is 6.99. The first-order valence-electron chi connectivity index (χ1n) is 7.09. The van der Waals surface area contributed by atoms with Crippen LogP contribution < -0.4 is 9.03 Å². The lowest BCUT2D eigenvalue weighted by atomic mass is 10.0. The van der Waals surface area contributed by atoms with Gasteiger partial charge in [0.2, 0.25) is 0 Å². The van der Waals surface area contributed by atoms with E-state index in [0.29, 0.717) is 16.9 Å². The third-order valence-electron chi connectivity index (χ3n) is 3.85. The van der Waals surface area contributed by atoms with Gasteiger partial charge in [-0.05, 0) is 18.2 Å². The van der Waals surface area contributed by atoms with E-state index < -0.39 is 16.1 Å². The minimum Gasteiger partial charge on any atom is -0.505 e. The number of fused-ring (bicyclic) bond motifs is 1. The van der Waals surface area contributed by atoms with E-state index in [2.05, 4.69) is 0 Å². The summed E-state index contributed by atoms with van der Waals surface area (Å²) < 4.78 is 32.2. The van der Waals surface area contributed by atoms with Gasteiger partial charge in [0.15, 0.2) is 0 Å². The van der Waals surface area contributed by atoms with Crippen molar-refractivity contribution in [3.05, 3.63) is 48.7 Å². The number of aromatic hydroxyl groups is 1. The molecule has 8 heteroatoms. The van der Waals surface area contributed by atoms with Gasteiger partial charge in [0, 0.05) is 16.7 Å². The molecule has 2 N–H and O–H groups in total. The van der Waals surface area contributed by atoms with Gasteiger partial charge in [-0.1, -0.05) is 24.3 Å². The molecule has 7 nitrogen and oxygen atoms in total. The molecule has 0 spiro atoms. The van der Waals surface area contributed by atoms with Gasteiger partial charge in [-0.15, -0.1) is 0 Å². The van der Waals surface area contributed by atoms with Crippen molar-refractivity contribution >= 4 is 21.8 Å². The number of phenolic OH excluding ortho intramolecular Hbond substituents is 1. The number of carbonyl (C=O) groups is 1. The fourth-order valence-corrected chi connectivity index (χ4v) is 3.90. The van der Waals surface area contributed by atoms with Gasteiger partial charge in [0.05, 0.1) is 12.0 Å². The molecule has 1 aromatic carbocycles. The van der Waals surface area contributed by atoms with Gasteiger partial charge in [-0.3, -0.25) is 4.79 Å². The number of phenols is 1. The predicted molar refractivity (Wildman–Crippen MR) is 86.8 cm³/mol. The van der Waals surface area contributed by atoms with E-state index in [1.807, 2.05) is 29.0 Å². The first-order chi connectivity index (χ1) is 11.5. The maximum atomic E-state index is 12.0. The fraction of sp³-hybridized carbons (Fsp3) is 0.0625. The van der Waals surface area contributed by atoms with Crippen LogP contribution in [0.4, 0.5) is 5.69 Å². The number of amides is 1.